The molecular formula is C11H12N2O2S. The maximum absolute atomic E-state index is 11.7. The van der Waals surface area contributed by atoms with E-state index in [-0.39, 0.29) is 5.97 Å². The minimum atomic E-state index is -0.313. The fourth-order valence-electron chi connectivity index (χ4n) is 1.36. The minimum absolute atomic E-state index is 0.313. The van der Waals surface area contributed by atoms with Crippen molar-refractivity contribution in [1.29, 1.82) is 0 Å². The van der Waals surface area contributed by atoms with Gasteiger partial charge in [0.1, 0.15) is 5.52 Å². The van der Waals surface area contributed by atoms with Gasteiger partial charge in [-0.1, -0.05) is 23.9 Å². The first-order chi connectivity index (χ1) is 7.83. The summed E-state index contributed by atoms with van der Waals surface area (Å²) in [5.74, 6) is -0.313. The first-order valence-electron chi connectivity index (χ1n) is 5.21. The Morgan fingerprint density at radius 3 is 3.19 bits per heavy atom. The van der Waals surface area contributed by atoms with Crippen molar-refractivity contribution in [2.75, 3.05) is 6.61 Å². The average Bonchev–Trinajstić information content (AvgIpc) is 2.76. The molecule has 0 radical (unpaired) electrons. The third-order valence-electron chi connectivity index (χ3n) is 2.23. The van der Waals surface area contributed by atoms with E-state index in [4.69, 9.17) is 4.74 Å². The molecule has 84 valence electrons. The van der Waals surface area contributed by atoms with E-state index in [9.17, 15) is 4.79 Å². The van der Waals surface area contributed by atoms with Gasteiger partial charge < -0.3 is 4.74 Å². The second kappa shape index (κ2) is 5.03. The Labute approximate surface area is 97.4 Å². The summed E-state index contributed by atoms with van der Waals surface area (Å²) in [5, 5.41) is 3.94. The molecule has 0 saturated heterocycles. The Balaban J connectivity index is 2.19. The largest absolute Gasteiger partial charge is 0.462 e. The zero-order valence-corrected chi connectivity index (χ0v) is 9.79. The number of nitrogens with zero attached hydrogens (tertiary/aromatic N) is 2. The van der Waals surface area contributed by atoms with Gasteiger partial charge in [-0.3, -0.25) is 0 Å². The molecule has 0 aliphatic carbocycles. The molecule has 0 unspecified atom stereocenters. The molecular weight excluding hydrogens is 224 g/mol. The summed E-state index contributed by atoms with van der Waals surface area (Å²) in [6.07, 6.45) is 1.90. The van der Waals surface area contributed by atoms with Gasteiger partial charge in [-0.2, -0.15) is 0 Å². The van der Waals surface area contributed by atoms with E-state index in [0.29, 0.717) is 17.7 Å². The van der Waals surface area contributed by atoms with Crippen molar-refractivity contribution in [2.45, 2.75) is 19.8 Å². The summed E-state index contributed by atoms with van der Waals surface area (Å²) >= 11 is 1.28. The quantitative estimate of drug-likeness (QED) is 0.605. The van der Waals surface area contributed by atoms with Crippen LogP contribution in [0.3, 0.4) is 0 Å². The Kier molecular flexibility index (Phi) is 3.46. The molecule has 0 saturated carbocycles. The van der Waals surface area contributed by atoms with Crippen molar-refractivity contribution in [3.63, 3.8) is 0 Å². The fraction of sp³-hybridized carbons (Fsp3) is 0.364. The highest BCUT2D eigenvalue weighted by Gasteiger charge is 2.13. The van der Waals surface area contributed by atoms with E-state index in [1.165, 1.54) is 11.5 Å². The number of carbonyl (C=O) groups excluding carboxylic acids is 1. The Bertz CT molecular complexity index is 495. The zero-order chi connectivity index (χ0) is 11.4. The highest BCUT2D eigenvalue weighted by Crippen LogP contribution is 2.19. The Morgan fingerprint density at radius 2 is 2.38 bits per heavy atom. The van der Waals surface area contributed by atoms with Gasteiger partial charge >= 0.3 is 5.97 Å². The average molecular weight is 236 g/mol. The van der Waals surface area contributed by atoms with Crippen LogP contribution in [0.15, 0.2) is 18.2 Å². The smallest absolute Gasteiger partial charge is 0.340 e. The highest BCUT2D eigenvalue weighted by molar-refractivity contribution is 7.13. The van der Waals surface area contributed by atoms with Crippen LogP contribution in [-0.2, 0) is 4.74 Å². The van der Waals surface area contributed by atoms with E-state index >= 15 is 0 Å². The van der Waals surface area contributed by atoms with Crippen LogP contribution in [0.5, 0.6) is 0 Å². The Morgan fingerprint density at radius 1 is 1.50 bits per heavy atom. The van der Waals surface area contributed by atoms with Crippen LogP contribution >= 0.6 is 11.5 Å². The predicted molar refractivity (Wildman–Crippen MR) is 62.6 cm³/mol. The van der Waals surface area contributed by atoms with Crippen molar-refractivity contribution >= 4 is 27.7 Å². The molecule has 0 bridgehead atoms. The molecule has 1 aromatic carbocycles. The molecule has 16 heavy (non-hydrogen) atoms. The van der Waals surface area contributed by atoms with Gasteiger partial charge in [0.15, 0.2) is 0 Å². The molecule has 4 nitrogen and oxygen atoms in total. The van der Waals surface area contributed by atoms with Crippen LogP contribution in [0.2, 0.25) is 0 Å². The first kappa shape index (κ1) is 11.0. The monoisotopic (exact) mass is 236 g/mol. The van der Waals surface area contributed by atoms with E-state index in [1.807, 2.05) is 12.1 Å². The third kappa shape index (κ3) is 2.19. The van der Waals surface area contributed by atoms with Crippen molar-refractivity contribution in [3.8, 4) is 0 Å². The van der Waals surface area contributed by atoms with E-state index < -0.39 is 0 Å². The minimum Gasteiger partial charge on any atom is -0.462 e. The van der Waals surface area contributed by atoms with Gasteiger partial charge in [0, 0.05) is 0 Å². The number of unbranched alkanes of at least 4 members (excludes halogenated alkanes) is 1. The summed E-state index contributed by atoms with van der Waals surface area (Å²) < 4.78 is 9.88. The maximum Gasteiger partial charge on any atom is 0.340 e. The van der Waals surface area contributed by atoms with Crippen LogP contribution in [0.4, 0.5) is 0 Å². The molecule has 2 aromatic rings. The number of esters is 1. The standard InChI is InChI=1S/C11H12N2O2S/c1-2-3-7-15-11(14)8-5-4-6-9-10(8)12-13-16-9/h4-6H,2-3,7H2,1H3. The topological polar surface area (TPSA) is 52.1 Å². The maximum atomic E-state index is 11.7. The molecule has 0 aliphatic heterocycles. The number of hydrogen-bond donors (Lipinski definition) is 0. The normalized spacial score (nSPS) is 10.6. The van der Waals surface area contributed by atoms with Crippen molar-refractivity contribution in [1.82, 2.24) is 9.59 Å². The lowest BCUT2D eigenvalue weighted by Gasteiger charge is -2.03. The SMILES string of the molecule is CCCCOC(=O)c1cccc2snnc12. The lowest BCUT2D eigenvalue weighted by atomic mass is 10.2. The molecule has 2 rings (SSSR count). The van der Waals surface area contributed by atoms with Gasteiger partial charge in [-0.25, -0.2) is 4.79 Å². The van der Waals surface area contributed by atoms with Gasteiger partial charge in [-0.05, 0) is 30.1 Å². The number of ether oxygens (including phenoxy) is 1. The summed E-state index contributed by atoms with van der Waals surface area (Å²) in [5.41, 5.74) is 1.14. The first-order valence-corrected chi connectivity index (χ1v) is 5.98. The lowest BCUT2D eigenvalue weighted by Crippen LogP contribution is -2.06. The van der Waals surface area contributed by atoms with E-state index in [2.05, 4.69) is 16.5 Å². The summed E-state index contributed by atoms with van der Waals surface area (Å²) in [7, 11) is 0. The van der Waals surface area contributed by atoms with Crippen LogP contribution < -0.4 is 0 Å². The number of benzene rings is 1. The van der Waals surface area contributed by atoms with Crippen molar-refractivity contribution < 1.29 is 9.53 Å². The fourth-order valence-corrected chi connectivity index (χ4v) is 1.94. The Hall–Kier alpha value is -1.49. The number of rotatable bonds is 4. The zero-order valence-electron chi connectivity index (χ0n) is 8.97. The molecule has 0 amide bonds. The summed E-state index contributed by atoms with van der Waals surface area (Å²) in [4.78, 5) is 11.7. The van der Waals surface area contributed by atoms with Crippen LogP contribution in [0.1, 0.15) is 30.1 Å². The molecule has 0 spiro atoms. The van der Waals surface area contributed by atoms with Crippen molar-refractivity contribution in [2.24, 2.45) is 0 Å². The van der Waals surface area contributed by atoms with Gasteiger partial charge in [0.25, 0.3) is 0 Å². The van der Waals surface area contributed by atoms with Crippen molar-refractivity contribution in [3.05, 3.63) is 23.8 Å². The molecule has 1 aromatic heterocycles. The second-order valence-electron chi connectivity index (χ2n) is 3.41. The number of fused-ring (bicyclic) bond motifs is 1. The van der Waals surface area contributed by atoms with Crippen LogP contribution in [-0.4, -0.2) is 22.2 Å². The third-order valence-corrected chi connectivity index (χ3v) is 2.92. The molecule has 0 atom stereocenters. The van der Waals surface area contributed by atoms with Gasteiger partial charge in [-0.15, -0.1) is 5.10 Å². The molecule has 5 heteroatoms. The number of carbonyl (C=O) groups is 1. The number of hydrogen-bond acceptors (Lipinski definition) is 5. The van der Waals surface area contributed by atoms with E-state index in [0.717, 1.165) is 17.5 Å². The van der Waals surface area contributed by atoms with Crippen LogP contribution in [0.25, 0.3) is 10.2 Å². The molecule has 0 fully saturated rings. The van der Waals surface area contributed by atoms with E-state index in [1.54, 1.807) is 6.07 Å². The molecule has 1 heterocycles. The molecule has 0 N–H and O–H groups in total. The second-order valence-corrected chi connectivity index (χ2v) is 4.20. The van der Waals surface area contributed by atoms with Gasteiger partial charge in [0.2, 0.25) is 0 Å². The predicted octanol–water partition coefficient (Wildman–Crippen LogP) is 2.65. The van der Waals surface area contributed by atoms with Crippen LogP contribution in [0, 0.1) is 0 Å². The summed E-state index contributed by atoms with van der Waals surface area (Å²) in [6, 6.07) is 5.43. The van der Waals surface area contributed by atoms with Gasteiger partial charge in [0.05, 0.1) is 16.9 Å². The summed E-state index contributed by atoms with van der Waals surface area (Å²) in [6.45, 7) is 2.52. The number of aromatic nitrogens is 2. The lowest BCUT2D eigenvalue weighted by molar-refractivity contribution is 0.0502. The molecule has 0 aliphatic rings. The highest BCUT2D eigenvalue weighted by atomic mass is 32.1.